The Bertz CT molecular complexity index is 5.51. The maximum absolute atomic E-state index is 0. The molecule has 0 unspecified atom stereocenters. The van der Waals surface area contributed by atoms with Crippen molar-refractivity contribution in [2.75, 3.05) is 0 Å². The maximum atomic E-state index is 0. The maximum Gasteiger partial charge on any atom is 3.00 e. The quantitative estimate of drug-likeness (QED) is 0.378. The summed E-state index contributed by atoms with van der Waals surface area (Å²) in [7, 11) is 0. The van der Waals surface area contributed by atoms with Crippen molar-refractivity contribution < 1.29 is 101 Å². The van der Waals surface area contributed by atoms with E-state index in [0.29, 0.717) is 0 Å². The summed E-state index contributed by atoms with van der Waals surface area (Å²) in [5.41, 5.74) is 0. The fourth-order valence-corrected chi connectivity index (χ4v) is 0. The molecule has 0 heterocycles. The van der Waals surface area contributed by atoms with E-state index in [1.165, 1.54) is 0 Å². The number of hydrogen-bond donors (Lipinski definition) is 0. The van der Waals surface area contributed by atoms with Gasteiger partial charge in [-0.1, -0.05) is 0 Å². The molecule has 0 rings (SSSR count). The van der Waals surface area contributed by atoms with E-state index in [9.17, 15) is 0 Å². The van der Waals surface area contributed by atoms with Crippen molar-refractivity contribution in [3.05, 3.63) is 0 Å². The van der Waals surface area contributed by atoms with Crippen LogP contribution in [-0.2, 0) is 0 Å². The molecule has 0 nitrogen and oxygen atoms in total. The Labute approximate surface area is 99.2 Å². The van der Waals surface area contributed by atoms with Gasteiger partial charge in [0.25, 0.3) is 0 Å². The summed E-state index contributed by atoms with van der Waals surface area (Å²) in [5, 5.41) is 0. The van der Waals surface area contributed by atoms with Crippen molar-refractivity contribution in [1.82, 2.24) is 0 Å². The van der Waals surface area contributed by atoms with Crippen LogP contribution >= 0.6 is 0 Å². The summed E-state index contributed by atoms with van der Waals surface area (Å²) in [4.78, 5) is 0. The minimum Gasteiger partial charge on any atom is -1.00 e. The summed E-state index contributed by atoms with van der Waals surface area (Å²) < 4.78 is 0. The fourth-order valence-electron chi connectivity index (χ4n) is 0. The molecule has 0 aromatic carbocycles. The minimum atomic E-state index is 0. The first-order valence-electron chi connectivity index (χ1n) is 0. The van der Waals surface area contributed by atoms with E-state index in [-0.39, 0.29) is 101 Å². The third kappa shape index (κ3) is 31.9. The molecule has 0 spiro atoms. The molecule has 0 atom stereocenters. The molecule has 0 aliphatic carbocycles. The first-order valence-corrected chi connectivity index (χ1v) is 0. The topological polar surface area (TPSA) is 0 Å². The van der Waals surface area contributed by atoms with Crippen molar-refractivity contribution in [2.24, 2.45) is 0 Å². The Morgan fingerprint density at radius 2 is 0.333 bits per heavy atom. The summed E-state index contributed by atoms with van der Waals surface area (Å²) in [6, 6.07) is 0. The fraction of sp³-hybridized carbons (Fsp3) is 0. The second-order valence-electron chi connectivity index (χ2n) is 0. The van der Waals surface area contributed by atoms with Crippen LogP contribution < -0.4 is 18.8 Å². The second kappa shape index (κ2) is 51.7. The van der Waals surface area contributed by atoms with Crippen LogP contribution in [0.2, 0.25) is 0 Å². The molecule has 0 amide bonds. The molecule has 0 saturated carbocycles. The van der Waals surface area contributed by atoms with Gasteiger partial charge in [0.15, 0.2) is 0 Å². The van der Waals surface area contributed by atoms with Gasteiger partial charge in [-0.05, 0) is 0 Å². The van der Waals surface area contributed by atoms with Crippen LogP contribution in [0.1, 0.15) is 0 Å². The van der Waals surface area contributed by atoms with E-state index in [1.807, 2.05) is 0 Å². The molecule has 0 saturated heterocycles. The van der Waals surface area contributed by atoms with Crippen molar-refractivity contribution in [1.29, 1.82) is 0 Å². The summed E-state index contributed by atoms with van der Waals surface area (Å²) in [5.74, 6) is 0. The third-order valence-electron chi connectivity index (χ3n) is 0. The molecule has 6 heavy (non-hydrogen) atoms. The van der Waals surface area contributed by atoms with E-state index in [1.54, 1.807) is 0 Å². The van der Waals surface area contributed by atoms with E-state index >= 15 is 0 Å². The monoisotopic (exact) mass is 358 g/mol. The van der Waals surface area contributed by atoms with E-state index in [4.69, 9.17) is 0 Å². The molecule has 0 aliphatic heterocycles. The first kappa shape index (κ1) is 78.2. The normalized spacial score (nSPS) is 0. The Hall–Kier alpha value is 2.45. The molecule has 32 valence electrons. The van der Waals surface area contributed by atoms with E-state index < -0.39 is 0 Å². The Morgan fingerprint density at radius 3 is 0.333 bits per heavy atom. The molecule has 0 N–H and O–H groups in total. The first-order chi connectivity index (χ1) is 0. The molecule has 0 bridgehead atoms. The number of halogens is 4. The third-order valence-corrected chi connectivity index (χ3v) is 0. The minimum absolute atomic E-state index is 0. The van der Waals surface area contributed by atoms with Crippen molar-refractivity contribution in [3.63, 3.8) is 0 Å². The van der Waals surface area contributed by atoms with Gasteiger partial charge in [-0.3, -0.25) is 0 Å². The predicted molar refractivity (Wildman–Crippen MR) is 0 cm³/mol. The zero-order chi connectivity index (χ0) is 0. The van der Waals surface area contributed by atoms with Gasteiger partial charge < -0.3 is 18.8 Å². The summed E-state index contributed by atoms with van der Waals surface area (Å²) in [6.45, 7) is 0. The summed E-state index contributed by atoms with van der Waals surface area (Å²) >= 11 is 0. The Morgan fingerprint density at radius 1 is 0.333 bits per heavy atom. The van der Waals surface area contributed by atoms with Crippen LogP contribution in [0.15, 0.2) is 0 Å². The standard InChI is InChI=1S/4FH.2Pr/h4*1H;;/q;;;;2*+3/p-4. The SMILES string of the molecule is [F-].[F-].[F-].[F-].[Pr+3].[Pr+3]. The van der Waals surface area contributed by atoms with Gasteiger partial charge in [-0.2, -0.15) is 0 Å². The van der Waals surface area contributed by atoms with Gasteiger partial charge in [0.1, 0.15) is 0 Å². The van der Waals surface area contributed by atoms with Crippen LogP contribution in [0.5, 0.6) is 0 Å². The van der Waals surface area contributed by atoms with Crippen LogP contribution in [0.25, 0.3) is 0 Å². The van der Waals surface area contributed by atoms with Crippen LogP contribution in [-0.4, -0.2) is 0 Å². The van der Waals surface area contributed by atoms with Gasteiger partial charge in [-0.25, -0.2) is 0 Å². The van der Waals surface area contributed by atoms with Crippen LogP contribution in [0.3, 0.4) is 0 Å². The zero-order valence-electron chi connectivity index (χ0n) is 2.67. The van der Waals surface area contributed by atoms with Gasteiger partial charge in [-0.15, -0.1) is 0 Å². The largest absolute Gasteiger partial charge is 3.00 e. The van der Waals surface area contributed by atoms with E-state index in [2.05, 4.69) is 0 Å². The molecule has 0 aromatic rings. The number of rotatable bonds is 0. The number of hydrogen-bond acceptors (Lipinski definition) is 0. The van der Waals surface area contributed by atoms with Gasteiger partial charge >= 0.3 is 82.6 Å². The summed E-state index contributed by atoms with van der Waals surface area (Å²) in [6.07, 6.45) is 0. The molecule has 0 fully saturated rings. The zero-order valence-corrected chi connectivity index (χ0v) is 10.1. The van der Waals surface area contributed by atoms with E-state index in [0.717, 1.165) is 0 Å². The Kier molecular flexibility index (Phi) is 674. The van der Waals surface area contributed by atoms with Gasteiger partial charge in [0.05, 0.1) is 0 Å². The van der Waals surface area contributed by atoms with Crippen molar-refractivity contribution in [3.8, 4) is 0 Å². The molecular formula is F4Pr2+2. The van der Waals surface area contributed by atoms with Crippen LogP contribution in [0.4, 0.5) is 0 Å². The molecule has 0 radical (unpaired) electrons. The average Bonchev–Trinajstić information content (AvgIpc) is 0. The Balaban J connectivity index is 0. The van der Waals surface area contributed by atoms with Crippen LogP contribution in [0, 0.1) is 82.6 Å². The van der Waals surface area contributed by atoms with Crippen molar-refractivity contribution >= 4 is 0 Å². The molecular weight excluding hydrogens is 358 g/mol. The molecule has 6 heteroatoms. The predicted octanol–water partition coefficient (Wildman–Crippen LogP) is -12.0. The second-order valence-corrected chi connectivity index (χ2v) is 0. The van der Waals surface area contributed by atoms with Gasteiger partial charge in [0.2, 0.25) is 0 Å². The van der Waals surface area contributed by atoms with Crippen molar-refractivity contribution in [2.45, 2.75) is 0 Å². The van der Waals surface area contributed by atoms with Gasteiger partial charge in [0, 0.05) is 0 Å². The molecule has 0 aliphatic rings. The molecule has 0 aromatic heterocycles. The smallest absolute Gasteiger partial charge is 1.00 e. The average molecular weight is 358 g/mol.